The molecule has 0 spiro atoms. The Morgan fingerprint density at radius 1 is 1.29 bits per heavy atom. The molecule has 1 aliphatic rings. The minimum atomic E-state index is 0.175. The summed E-state index contributed by atoms with van der Waals surface area (Å²) in [4.78, 5) is 16.6. The van der Waals surface area contributed by atoms with E-state index < -0.39 is 0 Å². The van der Waals surface area contributed by atoms with Crippen molar-refractivity contribution in [3.05, 3.63) is 41.6 Å². The standard InChI is InChI=1S/C18H24N4O2/c1-3-16-19-20-17(24-16)13-21(2)12-10-18(23)22-11-6-8-14-7-4-5-9-15(14)22/h4-5,7,9H,3,6,8,10-13H2,1-2H3. The monoisotopic (exact) mass is 328 g/mol. The number of nitrogens with zero attached hydrogens (tertiary/aromatic N) is 4. The van der Waals surface area contributed by atoms with Crippen molar-refractivity contribution in [2.45, 2.75) is 39.2 Å². The maximum atomic E-state index is 12.6. The zero-order chi connectivity index (χ0) is 16.9. The third-order valence-corrected chi connectivity index (χ3v) is 4.34. The molecule has 6 heteroatoms. The van der Waals surface area contributed by atoms with Crippen LogP contribution in [0.1, 0.15) is 37.1 Å². The van der Waals surface area contributed by atoms with Gasteiger partial charge < -0.3 is 9.32 Å². The number of hydrogen-bond donors (Lipinski definition) is 0. The van der Waals surface area contributed by atoms with E-state index in [-0.39, 0.29) is 5.91 Å². The summed E-state index contributed by atoms with van der Waals surface area (Å²) in [5.41, 5.74) is 2.34. The Labute approximate surface area is 142 Å². The Morgan fingerprint density at radius 3 is 2.88 bits per heavy atom. The lowest BCUT2D eigenvalue weighted by Crippen LogP contribution is -2.37. The van der Waals surface area contributed by atoms with Crippen LogP contribution in [-0.2, 0) is 24.2 Å². The number of para-hydroxylation sites is 1. The van der Waals surface area contributed by atoms with Gasteiger partial charge in [-0.05, 0) is 31.5 Å². The largest absolute Gasteiger partial charge is 0.424 e. The lowest BCUT2D eigenvalue weighted by Gasteiger charge is -2.30. The van der Waals surface area contributed by atoms with Crippen LogP contribution in [0, 0.1) is 0 Å². The van der Waals surface area contributed by atoms with E-state index in [0.29, 0.717) is 31.3 Å². The quantitative estimate of drug-likeness (QED) is 0.815. The van der Waals surface area contributed by atoms with E-state index in [1.54, 1.807) is 0 Å². The molecule has 2 aromatic rings. The second kappa shape index (κ2) is 7.57. The summed E-state index contributed by atoms with van der Waals surface area (Å²) in [7, 11) is 1.97. The number of rotatable bonds is 6. The molecule has 0 fully saturated rings. The summed E-state index contributed by atoms with van der Waals surface area (Å²) in [5.74, 6) is 1.43. The smallest absolute Gasteiger partial charge is 0.230 e. The van der Waals surface area contributed by atoms with Crippen molar-refractivity contribution in [1.29, 1.82) is 0 Å². The van der Waals surface area contributed by atoms with Crippen molar-refractivity contribution in [3.63, 3.8) is 0 Å². The first-order valence-electron chi connectivity index (χ1n) is 8.55. The molecule has 0 unspecified atom stereocenters. The van der Waals surface area contributed by atoms with Gasteiger partial charge in [-0.15, -0.1) is 10.2 Å². The molecule has 128 valence electrons. The molecule has 1 aromatic carbocycles. The van der Waals surface area contributed by atoms with Crippen molar-refractivity contribution in [2.24, 2.45) is 0 Å². The van der Waals surface area contributed by atoms with Gasteiger partial charge in [-0.1, -0.05) is 25.1 Å². The minimum absolute atomic E-state index is 0.175. The van der Waals surface area contributed by atoms with Gasteiger partial charge >= 0.3 is 0 Å². The number of aromatic nitrogens is 2. The summed E-state index contributed by atoms with van der Waals surface area (Å²) in [6.07, 6.45) is 3.31. The molecular formula is C18H24N4O2. The van der Waals surface area contributed by atoms with E-state index in [2.05, 4.69) is 16.3 Å². The van der Waals surface area contributed by atoms with Crippen molar-refractivity contribution < 1.29 is 9.21 Å². The van der Waals surface area contributed by atoms with Gasteiger partial charge in [0.15, 0.2) is 0 Å². The summed E-state index contributed by atoms with van der Waals surface area (Å²) in [5, 5.41) is 7.98. The fraction of sp³-hybridized carbons (Fsp3) is 0.500. The van der Waals surface area contributed by atoms with Crippen LogP contribution in [0.4, 0.5) is 5.69 Å². The first-order valence-corrected chi connectivity index (χ1v) is 8.55. The Hall–Kier alpha value is -2.21. The number of fused-ring (bicyclic) bond motifs is 1. The maximum Gasteiger partial charge on any atom is 0.230 e. The molecule has 3 rings (SSSR count). The van der Waals surface area contributed by atoms with Crippen molar-refractivity contribution in [1.82, 2.24) is 15.1 Å². The average molecular weight is 328 g/mol. The number of aryl methyl sites for hydroxylation is 2. The third-order valence-electron chi connectivity index (χ3n) is 4.34. The first-order chi connectivity index (χ1) is 11.7. The van der Waals surface area contributed by atoms with Crippen LogP contribution >= 0.6 is 0 Å². The molecule has 1 aliphatic heterocycles. The molecule has 0 N–H and O–H groups in total. The van der Waals surface area contributed by atoms with E-state index in [4.69, 9.17) is 4.42 Å². The zero-order valence-electron chi connectivity index (χ0n) is 14.4. The highest BCUT2D eigenvalue weighted by molar-refractivity contribution is 5.94. The summed E-state index contributed by atoms with van der Waals surface area (Å²) < 4.78 is 5.51. The Morgan fingerprint density at radius 2 is 2.08 bits per heavy atom. The van der Waals surface area contributed by atoms with Crippen LogP contribution < -0.4 is 4.90 Å². The van der Waals surface area contributed by atoms with E-state index in [0.717, 1.165) is 31.5 Å². The fourth-order valence-corrected chi connectivity index (χ4v) is 3.02. The van der Waals surface area contributed by atoms with Crippen LogP contribution in [0.3, 0.4) is 0 Å². The number of benzene rings is 1. The van der Waals surface area contributed by atoms with E-state index in [9.17, 15) is 4.79 Å². The van der Waals surface area contributed by atoms with Gasteiger partial charge in [0.05, 0.1) is 6.54 Å². The lowest BCUT2D eigenvalue weighted by molar-refractivity contribution is -0.119. The number of carbonyl (C=O) groups excluding carboxylic acids is 1. The van der Waals surface area contributed by atoms with Gasteiger partial charge in [-0.2, -0.15) is 0 Å². The molecule has 0 atom stereocenters. The molecule has 1 aromatic heterocycles. The summed E-state index contributed by atoms with van der Waals surface area (Å²) in [6, 6.07) is 8.19. The maximum absolute atomic E-state index is 12.6. The Balaban J connectivity index is 1.54. The molecule has 0 radical (unpaired) electrons. The van der Waals surface area contributed by atoms with Crippen LogP contribution in [0.5, 0.6) is 0 Å². The van der Waals surface area contributed by atoms with Crippen LogP contribution in [0.25, 0.3) is 0 Å². The molecule has 24 heavy (non-hydrogen) atoms. The van der Waals surface area contributed by atoms with E-state index in [1.165, 1.54) is 5.56 Å². The fourth-order valence-electron chi connectivity index (χ4n) is 3.02. The highest BCUT2D eigenvalue weighted by Crippen LogP contribution is 2.27. The average Bonchev–Trinajstić information content (AvgIpc) is 3.06. The Bertz CT molecular complexity index is 698. The van der Waals surface area contributed by atoms with Gasteiger partial charge in [0.2, 0.25) is 17.7 Å². The molecule has 0 aliphatic carbocycles. The third kappa shape index (κ3) is 3.82. The van der Waals surface area contributed by atoms with Gasteiger partial charge in [0.25, 0.3) is 0 Å². The SMILES string of the molecule is CCc1nnc(CN(C)CCC(=O)N2CCCc3ccccc32)o1. The Kier molecular flexibility index (Phi) is 5.25. The number of amides is 1. The molecule has 0 saturated heterocycles. The van der Waals surface area contributed by atoms with Crippen molar-refractivity contribution in [2.75, 3.05) is 25.0 Å². The van der Waals surface area contributed by atoms with Gasteiger partial charge in [-0.25, -0.2) is 0 Å². The van der Waals surface area contributed by atoms with Gasteiger partial charge in [-0.3, -0.25) is 9.69 Å². The first kappa shape index (κ1) is 16.6. The van der Waals surface area contributed by atoms with Gasteiger partial charge in [0.1, 0.15) is 0 Å². The number of anilines is 1. The van der Waals surface area contributed by atoms with E-state index in [1.807, 2.05) is 42.0 Å². The topological polar surface area (TPSA) is 62.5 Å². The predicted octanol–water partition coefficient (Wildman–Crippen LogP) is 2.43. The summed E-state index contributed by atoms with van der Waals surface area (Å²) >= 11 is 0. The van der Waals surface area contributed by atoms with Crippen LogP contribution in [0.15, 0.2) is 28.7 Å². The highest BCUT2D eigenvalue weighted by atomic mass is 16.4. The molecule has 6 nitrogen and oxygen atoms in total. The molecule has 2 heterocycles. The molecular weight excluding hydrogens is 304 g/mol. The second-order valence-electron chi connectivity index (χ2n) is 6.21. The number of carbonyl (C=O) groups is 1. The van der Waals surface area contributed by atoms with Crippen molar-refractivity contribution >= 4 is 11.6 Å². The van der Waals surface area contributed by atoms with Crippen molar-refractivity contribution in [3.8, 4) is 0 Å². The van der Waals surface area contributed by atoms with E-state index >= 15 is 0 Å². The van der Waals surface area contributed by atoms with Crippen LogP contribution in [-0.4, -0.2) is 41.1 Å². The normalized spacial score (nSPS) is 14.0. The predicted molar refractivity (Wildman–Crippen MR) is 91.7 cm³/mol. The summed E-state index contributed by atoms with van der Waals surface area (Å²) in [6.45, 7) is 4.03. The van der Waals surface area contributed by atoms with Gasteiger partial charge in [0, 0.05) is 31.6 Å². The number of hydrogen-bond acceptors (Lipinski definition) is 5. The molecule has 0 bridgehead atoms. The zero-order valence-corrected chi connectivity index (χ0v) is 14.4. The lowest BCUT2D eigenvalue weighted by atomic mass is 10.0. The second-order valence-corrected chi connectivity index (χ2v) is 6.21. The minimum Gasteiger partial charge on any atom is -0.424 e. The molecule has 1 amide bonds. The molecule has 0 saturated carbocycles. The van der Waals surface area contributed by atoms with Crippen LogP contribution in [0.2, 0.25) is 0 Å². The highest BCUT2D eigenvalue weighted by Gasteiger charge is 2.22.